The molecule has 0 aliphatic heterocycles. The van der Waals surface area contributed by atoms with Gasteiger partial charge in [-0.3, -0.25) is 19.6 Å². The highest BCUT2D eigenvalue weighted by Gasteiger charge is 2.43. The van der Waals surface area contributed by atoms with Crippen molar-refractivity contribution in [3.63, 3.8) is 0 Å². The number of carbonyl (C=O) groups excluding carboxylic acids is 1. The number of sulfonamides is 1. The van der Waals surface area contributed by atoms with Gasteiger partial charge in [0.15, 0.2) is 10.7 Å². The van der Waals surface area contributed by atoms with Crippen LogP contribution in [0.15, 0.2) is 33.2 Å². The Kier molecular flexibility index (Phi) is 4.89. The first-order chi connectivity index (χ1) is 14.5. The Morgan fingerprint density at radius 2 is 1.97 bits per heavy atom. The van der Waals surface area contributed by atoms with Gasteiger partial charge in [-0.15, -0.1) is 0 Å². The molecule has 1 amide bonds. The molecule has 2 aromatic rings. The lowest BCUT2D eigenvalue weighted by atomic mass is 10.2. The molecule has 2 fully saturated rings. The summed E-state index contributed by atoms with van der Waals surface area (Å²) < 4.78 is 59.1. The van der Waals surface area contributed by atoms with Gasteiger partial charge in [-0.1, -0.05) is 6.58 Å². The van der Waals surface area contributed by atoms with Crippen LogP contribution in [0.1, 0.15) is 32.6 Å². The average molecular weight is 454 g/mol. The Hall–Kier alpha value is -2.86. The molecule has 12 heteroatoms. The van der Waals surface area contributed by atoms with Crippen LogP contribution >= 0.6 is 0 Å². The first-order valence-electron chi connectivity index (χ1n) is 9.62. The van der Waals surface area contributed by atoms with Gasteiger partial charge in [0, 0.05) is 18.2 Å². The van der Waals surface area contributed by atoms with Crippen LogP contribution in [-0.4, -0.2) is 29.1 Å². The fourth-order valence-electron chi connectivity index (χ4n) is 3.33. The van der Waals surface area contributed by atoms with E-state index in [1.54, 1.807) is 6.92 Å². The lowest BCUT2D eigenvalue weighted by Crippen LogP contribution is -2.47. The summed E-state index contributed by atoms with van der Waals surface area (Å²) in [5, 5.41) is -0.813. The third kappa shape index (κ3) is 3.81. The molecular formula is C19H20F2N4O5S. The van der Waals surface area contributed by atoms with E-state index in [0.29, 0.717) is 18.9 Å². The van der Waals surface area contributed by atoms with E-state index < -0.39 is 54.6 Å². The van der Waals surface area contributed by atoms with Crippen LogP contribution in [0.4, 0.5) is 8.78 Å². The van der Waals surface area contributed by atoms with Crippen molar-refractivity contribution in [2.24, 2.45) is 5.92 Å². The van der Waals surface area contributed by atoms with E-state index in [-0.39, 0.29) is 22.7 Å². The Morgan fingerprint density at radius 3 is 2.52 bits per heavy atom. The fourth-order valence-corrected chi connectivity index (χ4v) is 4.94. The molecule has 2 N–H and O–H groups in total. The molecule has 0 unspecified atom stereocenters. The number of aromatic nitrogens is 2. The summed E-state index contributed by atoms with van der Waals surface area (Å²) in [4.78, 5) is 36.1. The number of benzene rings is 1. The Labute approximate surface area is 175 Å². The minimum Gasteiger partial charge on any atom is -0.291 e. The molecule has 0 saturated heterocycles. The number of nitrogens with zero attached hydrogens (tertiary/aromatic N) is 2. The molecule has 166 valence electrons. The zero-order valence-corrected chi connectivity index (χ0v) is 17.4. The van der Waals surface area contributed by atoms with Gasteiger partial charge in [0.05, 0.1) is 5.52 Å². The van der Waals surface area contributed by atoms with Gasteiger partial charge in [-0.05, 0) is 44.6 Å². The van der Waals surface area contributed by atoms with Gasteiger partial charge in [-0.25, -0.2) is 26.7 Å². The van der Waals surface area contributed by atoms with Crippen molar-refractivity contribution in [2.45, 2.75) is 49.6 Å². The van der Waals surface area contributed by atoms with Gasteiger partial charge in [0.1, 0.15) is 11.2 Å². The maximum Gasteiger partial charge on any atom is 0.350 e. The summed E-state index contributed by atoms with van der Waals surface area (Å²) in [5.41, 5.74) is -1.51. The number of carbonyl (C=O) groups is 1. The largest absolute Gasteiger partial charge is 0.350 e. The second-order valence-electron chi connectivity index (χ2n) is 8.22. The number of hydrogen-bond acceptors (Lipinski definition) is 5. The smallest absolute Gasteiger partial charge is 0.291 e. The predicted octanol–water partition coefficient (Wildman–Crippen LogP) is 0.938. The molecule has 1 heterocycles. The van der Waals surface area contributed by atoms with Crippen molar-refractivity contribution in [1.29, 1.82) is 0 Å². The van der Waals surface area contributed by atoms with Crippen LogP contribution in [0.5, 0.6) is 0 Å². The van der Waals surface area contributed by atoms with Crippen molar-refractivity contribution in [3.05, 3.63) is 51.2 Å². The molecule has 1 aromatic heterocycles. The summed E-state index contributed by atoms with van der Waals surface area (Å²) in [6.07, 6.45) is 3.38. The van der Waals surface area contributed by atoms with E-state index in [2.05, 4.69) is 11.3 Å². The second-order valence-corrected chi connectivity index (χ2v) is 9.84. The minimum atomic E-state index is -4.64. The van der Waals surface area contributed by atoms with Gasteiger partial charge in [-0.2, -0.15) is 4.68 Å². The first kappa shape index (κ1) is 21.4. The van der Waals surface area contributed by atoms with Gasteiger partial charge < -0.3 is 0 Å². The van der Waals surface area contributed by atoms with Gasteiger partial charge in [0.2, 0.25) is 10.0 Å². The predicted molar refractivity (Wildman–Crippen MR) is 108 cm³/mol. The monoisotopic (exact) mass is 454 g/mol. The van der Waals surface area contributed by atoms with Crippen molar-refractivity contribution >= 4 is 26.8 Å². The molecule has 9 nitrogen and oxygen atoms in total. The highest BCUT2D eigenvalue weighted by atomic mass is 32.2. The van der Waals surface area contributed by atoms with Crippen LogP contribution in [0.25, 0.3) is 10.9 Å². The molecule has 2 aliphatic carbocycles. The molecule has 0 spiro atoms. The molecule has 4 rings (SSSR count). The van der Waals surface area contributed by atoms with Crippen LogP contribution < -0.4 is 21.4 Å². The molecule has 0 radical (unpaired) electrons. The van der Waals surface area contributed by atoms with Crippen LogP contribution in [0, 0.1) is 17.6 Å². The van der Waals surface area contributed by atoms with E-state index in [4.69, 9.17) is 0 Å². The van der Waals surface area contributed by atoms with Crippen molar-refractivity contribution in [3.8, 4) is 0 Å². The standard InChI is InChI=1S/C19H20F2N4O5S/c1-3-13(26)22-25-17(27)14-12(24(18(25)28)9-10-4-5-10)8-11(20)16(15(14)21)31(29,30)23-19(2)6-7-19/h3,8,10,23H,1,4-7,9H2,2H3,(H,22,26). The van der Waals surface area contributed by atoms with Crippen LogP contribution in [0.3, 0.4) is 0 Å². The van der Waals surface area contributed by atoms with Crippen molar-refractivity contribution < 1.29 is 22.0 Å². The van der Waals surface area contributed by atoms with Gasteiger partial charge >= 0.3 is 5.69 Å². The number of halogens is 2. The molecule has 0 bridgehead atoms. The minimum absolute atomic E-state index is 0.0564. The number of nitrogens with one attached hydrogen (secondary N) is 2. The highest BCUT2D eigenvalue weighted by molar-refractivity contribution is 7.89. The number of rotatable bonds is 7. The topological polar surface area (TPSA) is 119 Å². The molecule has 2 aliphatic rings. The van der Waals surface area contributed by atoms with E-state index in [1.807, 2.05) is 5.43 Å². The summed E-state index contributed by atoms with van der Waals surface area (Å²) in [6.45, 7) is 4.87. The van der Waals surface area contributed by atoms with E-state index in [9.17, 15) is 27.2 Å². The summed E-state index contributed by atoms with van der Waals surface area (Å²) in [7, 11) is -4.64. The number of fused-ring (bicyclic) bond motifs is 1. The summed E-state index contributed by atoms with van der Waals surface area (Å²) in [5.74, 6) is -3.89. The van der Waals surface area contributed by atoms with Crippen molar-refractivity contribution in [1.82, 2.24) is 14.0 Å². The highest BCUT2D eigenvalue weighted by Crippen LogP contribution is 2.37. The second kappa shape index (κ2) is 7.09. The molecule has 2 saturated carbocycles. The number of hydrogen-bond donors (Lipinski definition) is 2. The number of amides is 1. The maximum atomic E-state index is 15.4. The molecule has 31 heavy (non-hydrogen) atoms. The van der Waals surface area contributed by atoms with E-state index in [1.165, 1.54) is 0 Å². The lowest BCUT2D eigenvalue weighted by molar-refractivity contribution is -0.112. The van der Waals surface area contributed by atoms with Crippen LogP contribution in [-0.2, 0) is 21.4 Å². The summed E-state index contributed by atoms with van der Waals surface area (Å²) >= 11 is 0. The van der Waals surface area contributed by atoms with Gasteiger partial charge in [0.25, 0.3) is 11.5 Å². The normalized spacial score (nSPS) is 17.5. The quantitative estimate of drug-likeness (QED) is 0.604. The molecule has 0 atom stereocenters. The van der Waals surface area contributed by atoms with E-state index in [0.717, 1.165) is 23.5 Å². The van der Waals surface area contributed by atoms with Crippen LogP contribution in [0.2, 0.25) is 0 Å². The lowest BCUT2D eigenvalue weighted by Gasteiger charge is -2.17. The zero-order chi connectivity index (χ0) is 22.7. The molecular weight excluding hydrogens is 434 g/mol. The zero-order valence-electron chi connectivity index (χ0n) is 16.6. The third-order valence-electron chi connectivity index (χ3n) is 5.48. The molecule has 1 aromatic carbocycles. The summed E-state index contributed by atoms with van der Waals surface area (Å²) in [6, 6.07) is 0.674. The third-order valence-corrected chi connectivity index (χ3v) is 7.15. The first-order valence-corrected chi connectivity index (χ1v) is 11.1. The SMILES string of the molecule is C=CC(=O)Nn1c(=O)c2c(F)c(S(=O)(=O)NC3(C)CC3)c(F)cc2n(CC2CC2)c1=O. The Balaban J connectivity index is 2.02. The average Bonchev–Trinajstić information content (AvgIpc) is 3.60. The fraction of sp³-hybridized carbons (Fsp3) is 0.421. The Morgan fingerprint density at radius 1 is 1.32 bits per heavy atom. The Bertz CT molecular complexity index is 1350. The maximum absolute atomic E-state index is 15.4. The van der Waals surface area contributed by atoms with E-state index >= 15 is 4.39 Å². The van der Waals surface area contributed by atoms with Crippen molar-refractivity contribution in [2.75, 3.05) is 5.43 Å².